The van der Waals surface area contributed by atoms with Crippen LogP contribution in [0.5, 0.6) is 0 Å². The number of carbonyl (C=O) groups excluding carboxylic acids is 1. The van der Waals surface area contributed by atoms with Crippen molar-refractivity contribution in [2.75, 3.05) is 33.4 Å². The highest BCUT2D eigenvalue weighted by Crippen LogP contribution is 2.28. The van der Waals surface area contributed by atoms with Gasteiger partial charge in [0, 0.05) is 44.0 Å². The molecule has 0 unspecified atom stereocenters. The molecule has 2 aromatic rings. The molecule has 1 saturated heterocycles. The summed E-state index contributed by atoms with van der Waals surface area (Å²) in [7, 11) is -2.18. The number of nitrogens with zero attached hydrogens (tertiary/aromatic N) is 3. The molecule has 154 valence electrons. The van der Waals surface area contributed by atoms with Gasteiger partial charge >= 0.3 is 0 Å². The molecule has 8 nitrogen and oxygen atoms in total. The molecule has 3 heterocycles. The number of nitrogens with one attached hydrogen (secondary N) is 1. The first kappa shape index (κ1) is 21.0. The van der Waals surface area contributed by atoms with Gasteiger partial charge in [0.15, 0.2) is 0 Å². The number of likely N-dealkylation sites (tertiary alicyclic amines) is 1. The van der Waals surface area contributed by atoms with E-state index in [4.69, 9.17) is 4.74 Å². The van der Waals surface area contributed by atoms with Gasteiger partial charge in [-0.1, -0.05) is 0 Å². The molecule has 1 amide bonds. The van der Waals surface area contributed by atoms with Crippen LogP contribution in [0.3, 0.4) is 0 Å². The van der Waals surface area contributed by atoms with Crippen LogP contribution in [0.25, 0.3) is 10.7 Å². The van der Waals surface area contributed by atoms with E-state index < -0.39 is 10.0 Å². The Hall–Kier alpha value is -1.75. The van der Waals surface area contributed by atoms with Crippen LogP contribution in [0.2, 0.25) is 0 Å². The summed E-state index contributed by atoms with van der Waals surface area (Å²) in [5, 5.41) is 2.60. The highest BCUT2D eigenvalue weighted by molar-refractivity contribution is 7.89. The summed E-state index contributed by atoms with van der Waals surface area (Å²) in [6.07, 6.45) is 4.69. The molecule has 1 aliphatic heterocycles. The summed E-state index contributed by atoms with van der Waals surface area (Å²) < 4.78 is 34.3. The van der Waals surface area contributed by atoms with Crippen molar-refractivity contribution in [2.45, 2.75) is 37.6 Å². The van der Waals surface area contributed by atoms with E-state index in [1.54, 1.807) is 10.6 Å². The number of aromatic nitrogens is 2. The van der Waals surface area contributed by atoms with E-state index >= 15 is 0 Å². The lowest BCUT2D eigenvalue weighted by molar-refractivity contribution is -0.132. The number of rotatable bonds is 8. The van der Waals surface area contributed by atoms with Crippen molar-refractivity contribution in [3.8, 4) is 10.7 Å². The van der Waals surface area contributed by atoms with E-state index in [2.05, 4.69) is 9.71 Å². The Balaban J connectivity index is 1.88. The Morgan fingerprint density at radius 1 is 1.32 bits per heavy atom. The Kier molecular flexibility index (Phi) is 6.86. The fourth-order valence-electron chi connectivity index (χ4n) is 3.16. The topological polar surface area (TPSA) is 93.5 Å². The molecule has 0 aliphatic carbocycles. The molecule has 0 saturated carbocycles. The lowest BCUT2D eigenvalue weighted by Gasteiger charge is -2.27. The molecule has 3 rings (SSSR count). The van der Waals surface area contributed by atoms with Crippen LogP contribution in [0.1, 0.15) is 25.0 Å². The zero-order chi connectivity index (χ0) is 20.1. The van der Waals surface area contributed by atoms with Crippen LogP contribution in [-0.4, -0.2) is 62.1 Å². The monoisotopic (exact) mass is 426 g/mol. The second-order valence-electron chi connectivity index (χ2n) is 6.82. The smallest absolute Gasteiger partial charge is 0.242 e. The zero-order valence-electron chi connectivity index (χ0n) is 16.2. The van der Waals surface area contributed by atoms with Crippen molar-refractivity contribution < 1.29 is 17.9 Å². The minimum Gasteiger partial charge on any atom is -0.383 e. The predicted molar refractivity (Wildman–Crippen MR) is 108 cm³/mol. The van der Waals surface area contributed by atoms with E-state index in [1.807, 2.05) is 17.2 Å². The van der Waals surface area contributed by atoms with E-state index in [-0.39, 0.29) is 30.5 Å². The molecule has 2 aromatic heterocycles. The lowest BCUT2D eigenvalue weighted by Crippen LogP contribution is -2.37. The second-order valence-corrected chi connectivity index (χ2v) is 9.44. The average Bonchev–Trinajstić information content (AvgIpc) is 3.29. The van der Waals surface area contributed by atoms with E-state index in [9.17, 15) is 13.2 Å². The van der Waals surface area contributed by atoms with Crippen molar-refractivity contribution in [3.63, 3.8) is 0 Å². The van der Waals surface area contributed by atoms with Gasteiger partial charge in [0.05, 0.1) is 12.3 Å². The number of thiazole rings is 1. The molecular formula is C18H26N4O4S2. The quantitative estimate of drug-likeness (QED) is 0.651. The normalized spacial score (nSPS) is 15.1. The van der Waals surface area contributed by atoms with Crippen LogP contribution >= 0.6 is 11.3 Å². The van der Waals surface area contributed by atoms with Gasteiger partial charge < -0.3 is 14.2 Å². The van der Waals surface area contributed by atoms with Gasteiger partial charge in [-0.15, -0.1) is 11.3 Å². The van der Waals surface area contributed by atoms with E-state index in [0.29, 0.717) is 10.7 Å². The number of ether oxygens (including phenoxy) is 1. The zero-order valence-corrected chi connectivity index (χ0v) is 17.8. The first-order valence-electron chi connectivity index (χ1n) is 9.30. The van der Waals surface area contributed by atoms with Crippen LogP contribution in [0, 0.1) is 6.92 Å². The van der Waals surface area contributed by atoms with Gasteiger partial charge in [0.25, 0.3) is 0 Å². The molecule has 1 fully saturated rings. The molecule has 0 spiro atoms. The van der Waals surface area contributed by atoms with Gasteiger partial charge in [0.1, 0.15) is 16.4 Å². The summed E-state index contributed by atoms with van der Waals surface area (Å²) in [6.45, 7) is 3.97. The standard InChI is InChI=1S/C18H26N4O4S2/c1-14-13-27-18(20-14)16-10-15(28(24,25)19-6-9-26-2)11-22(16)12-17(23)21-7-4-3-5-8-21/h10-11,13,19H,3-9,12H2,1-2H3. The van der Waals surface area contributed by atoms with E-state index in [1.165, 1.54) is 24.6 Å². The number of piperidine rings is 1. The van der Waals surface area contributed by atoms with Crippen molar-refractivity contribution in [3.05, 3.63) is 23.3 Å². The maximum Gasteiger partial charge on any atom is 0.242 e. The van der Waals surface area contributed by atoms with Crippen molar-refractivity contribution in [1.29, 1.82) is 0 Å². The molecule has 0 radical (unpaired) electrons. The fraction of sp³-hybridized carbons (Fsp3) is 0.556. The molecular weight excluding hydrogens is 400 g/mol. The fourth-order valence-corrected chi connectivity index (χ4v) is 5.04. The summed E-state index contributed by atoms with van der Waals surface area (Å²) in [6, 6.07) is 1.58. The third kappa shape index (κ3) is 4.99. The molecule has 28 heavy (non-hydrogen) atoms. The summed E-state index contributed by atoms with van der Waals surface area (Å²) >= 11 is 1.43. The minimum absolute atomic E-state index is 0.00104. The number of aryl methyl sites for hydroxylation is 1. The van der Waals surface area contributed by atoms with Crippen LogP contribution in [0.15, 0.2) is 22.5 Å². The Morgan fingerprint density at radius 2 is 2.07 bits per heavy atom. The SMILES string of the molecule is COCCNS(=O)(=O)c1cc(-c2nc(C)cs2)n(CC(=O)N2CCCCC2)c1. The number of methoxy groups -OCH3 is 1. The van der Waals surface area contributed by atoms with Crippen LogP contribution in [0.4, 0.5) is 0 Å². The average molecular weight is 427 g/mol. The highest BCUT2D eigenvalue weighted by Gasteiger charge is 2.23. The maximum atomic E-state index is 12.7. The van der Waals surface area contributed by atoms with Gasteiger partial charge in [-0.3, -0.25) is 4.79 Å². The molecule has 1 aliphatic rings. The number of carbonyl (C=O) groups is 1. The maximum absolute atomic E-state index is 12.7. The minimum atomic E-state index is -3.69. The van der Waals surface area contributed by atoms with Crippen molar-refractivity contribution in [2.24, 2.45) is 0 Å². The first-order valence-corrected chi connectivity index (χ1v) is 11.7. The number of hydrogen-bond donors (Lipinski definition) is 1. The first-order chi connectivity index (χ1) is 13.4. The molecule has 10 heteroatoms. The molecule has 1 N–H and O–H groups in total. The number of sulfonamides is 1. The summed E-state index contributed by atoms with van der Waals surface area (Å²) in [5.41, 5.74) is 1.49. The van der Waals surface area contributed by atoms with Gasteiger partial charge in [-0.05, 0) is 32.3 Å². The lowest BCUT2D eigenvalue weighted by atomic mass is 10.1. The van der Waals surface area contributed by atoms with Gasteiger partial charge in [-0.2, -0.15) is 0 Å². The third-order valence-electron chi connectivity index (χ3n) is 4.63. The Morgan fingerprint density at radius 3 is 2.71 bits per heavy atom. The van der Waals surface area contributed by atoms with Crippen molar-refractivity contribution >= 4 is 27.3 Å². The molecule has 0 aromatic carbocycles. The number of hydrogen-bond acceptors (Lipinski definition) is 6. The molecule has 0 bridgehead atoms. The molecule has 0 atom stereocenters. The summed E-state index contributed by atoms with van der Waals surface area (Å²) in [5.74, 6) is 0.00104. The largest absolute Gasteiger partial charge is 0.383 e. The van der Waals surface area contributed by atoms with Crippen LogP contribution in [-0.2, 0) is 26.1 Å². The predicted octanol–water partition coefficient (Wildman–Crippen LogP) is 1.86. The van der Waals surface area contributed by atoms with Crippen LogP contribution < -0.4 is 4.72 Å². The Labute approximate surface area is 169 Å². The Bertz CT molecular complexity index is 914. The van der Waals surface area contributed by atoms with Gasteiger partial charge in [-0.25, -0.2) is 18.1 Å². The van der Waals surface area contributed by atoms with E-state index in [0.717, 1.165) is 38.0 Å². The second kappa shape index (κ2) is 9.17. The number of amides is 1. The summed E-state index contributed by atoms with van der Waals surface area (Å²) in [4.78, 5) is 19.2. The third-order valence-corrected chi connectivity index (χ3v) is 7.04. The van der Waals surface area contributed by atoms with Gasteiger partial charge in [0.2, 0.25) is 15.9 Å². The highest BCUT2D eigenvalue weighted by atomic mass is 32.2. The van der Waals surface area contributed by atoms with Crippen molar-refractivity contribution in [1.82, 2.24) is 19.2 Å².